The van der Waals surface area contributed by atoms with Gasteiger partial charge in [-0.15, -0.1) is 0 Å². The van der Waals surface area contributed by atoms with Gasteiger partial charge in [-0.1, -0.05) is 25.7 Å². The molecule has 0 amide bonds. The minimum atomic E-state index is -0.540. The number of carbonyl (C=O) groups excluding carboxylic acids is 2. The fourth-order valence-corrected chi connectivity index (χ4v) is 0.637. The van der Waals surface area contributed by atoms with E-state index in [2.05, 4.69) is 33.5 Å². The van der Waals surface area contributed by atoms with E-state index >= 15 is 0 Å². The van der Waals surface area contributed by atoms with Crippen molar-refractivity contribution in [1.29, 1.82) is 0 Å². The molecule has 0 aromatic carbocycles. The zero-order valence-electron chi connectivity index (χ0n) is 9.46. The lowest BCUT2D eigenvalue weighted by atomic mass is 10.3. The first-order valence-electron chi connectivity index (χ1n) is 5.05. The number of carbonyl (C=O) groups is 2. The van der Waals surface area contributed by atoms with Gasteiger partial charge in [0.1, 0.15) is 12.2 Å². The molecule has 0 aromatic rings. The maximum absolute atomic E-state index is 11.0. The van der Waals surface area contributed by atoms with Gasteiger partial charge >= 0.3 is 11.9 Å². The molecule has 0 N–H and O–H groups in total. The topological polar surface area (TPSA) is 52.6 Å². The van der Waals surface area contributed by atoms with Gasteiger partial charge in [-0.2, -0.15) is 0 Å². The predicted octanol–water partition coefficient (Wildman–Crippen LogP) is 1.59. The van der Waals surface area contributed by atoms with Gasteiger partial charge in [-0.25, -0.2) is 0 Å². The van der Waals surface area contributed by atoms with E-state index in [1.165, 1.54) is 0 Å². The minimum Gasteiger partial charge on any atom is -0.372 e. The summed E-state index contributed by atoms with van der Waals surface area (Å²) in [5.74, 6) is 4.07. The molecule has 86 valence electrons. The van der Waals surface area contributed by atoms with Crippen LogP contribution in [0.15, 0.2) is 0 Å². The molecule has 4 heteroatoms. The zero-order chi connectivity index (χ0) is 12.2. The van der Waals surface area contributed by atoms with Crippen molar-refractivity contribution in [3.63, 3.8) is 0 Å². The Morgan fingerprint density at radius 2 is 1.25 bits per heavy atom. The first-order valence-corrected chi connectivity index (χ1v) is 5.05. The van der Waals surface area contributed by atoms with E-state index in [0.29, 0.717) is 12.8 Å². The van der Waals surface area contributed by atoms with Crippen molar-refractivity contribution in [2.24, 2.45) is 0 Å². The molecule has 0 fully saturated rings. The van der Waals surface area contributed by atoms with Gasteiger partial charge in [-0.05, 0) is 0 Å². The van der Waals surface area contributed by atoms with Crippen LogP contribution in [-0.2, 0) is 19.1 Å². The highest BCUT2D eigenvalue weighted by atomic mass is 16.5. The summed E-state index contributed by atoms with van der Waals surface area (Å²) in [7, 11) is 0. The van der Waals surface area contributed by atoms with Crippen LogP contribution in [0.5, 0.6) is 0 Å². The fraction of sp³-hybridized carbons (Fsp3) is 0.500. The van der Waals surface area contributed by atoms with Crippen LogP contribution in [0.3, 0.4) is 0 Å². The Morgan fingerprint density at radius 1 is 0.875 bits per heavy atom. The smallest absolute Gasteiger partial charge is 0.320 e. The minimum absolute atomic E-state index is 0.0506. The molecule has 0 bridgehead atoms. The molecule has 0 saturated carbocycles. The highest BCUT2D eigenvalue weighted by Gasteiger charge is 2.07. The summed E-state index contributed by atoms with van der Waals surface area (Å²) in [6.45, 7) is 3.68. The first kappa shape index (κ1) is 14.1. The number of rotatable bonds is 3. The summed E-state index contributed by atoms with van der Waals surface area (Å²) >= 11 is 0. The zero-order valence-corrected chi connectivity index (χ0v) is 9.46. The third-order valence-corrected chi connectivity index (χ3v) is 1.36. The molecule has 0 aliphatic heterocycles. The van der Waals surface area contributed by atoms with Gasteiger partial charge in [0.05, 0.1) is 12.8 Å². The molecule has 0 atom stereocenters. The second-order valence-electron chi connectivity index (χ2n) is 2.71. The van der Waals surface area contributed by atoms with Gasteiger partial charge in [0.2, 0.25) is 0 Å². The van der Waals surface area contributed by atoms with Crippen LogP contribution in [0.4, 0.5) is 0 Å². The van der Waals surface area contributed by atoms with Crippen molar-refractivity contribution in [3.8, 4) is 24.1 Å². The van der Waals surface area contributed by atoms with E-state index in [-0.39, 0.29) is 12.8 Å². The quantitative estimate of drug-likeness (QED) is 0.537. The van der Waals surface area contributed by atoms with Gasteiger partial charge in [0.15, 0.2) is 0 Å². The van der Waals surface area contributed by atoms with Crippen molar-refractivity contribution in [2.75, 3.05) is 0 Å². The van der Waals surface area contributed by atoms with Crippen LogP contribution in [0, 0.1) is 24.1 Å². The molecular weight excluding hydrogens is 208 g/mol. The Labute approximate surface area is 95.3 Å². The lowest BCUT2D eigenvalue weighted by molar-refractivity contribution is -0.143. The Balaban J connectivity index is 3.71. The van der Waals surface area contributed by atoms with E-state index in [0.717, 1.165) is 0 Å². The van der Waals surface area contributed by atoms with Crippen LogP contribution >= 0.6 is 0 Å². The number of ether oxygens (including phenoxy) is 2. The van der Waals surface area contributed by atoms with Crippen molar-refractivity contribution in [2.45, 2.75) is 39.5 Å². The highest BCUT2D eigenvalue weighted by Crippen LogP contribution is 1.94. The summed E-state index contributed by atoms with van der Waals surface area (Å²) in [5, 5.41) is 0. The van der Waals surface area contributed by atoms with Gasteiger partial charge in [0.25, 0.3) is 0 Å². The lowest BCUT2D eigenvalue weighted by Gasteiger charge is -1.95. The molecule has 0 radical (unpaired) electrons. The van der Waals surface area contributed by atoms with E-state index < -0.39 is 11.9 Å². The molecule has 0 heterocycles. The normalized spacial score (nSPS) is 7.88. The molecule has 0 aliphatic carbocycles. The van der Waals surface area contributed by atoms with Crippen molar-refractivity contribution in [1.82, 2.24) is 0 Å². The molecular formula is C12H14O4. The van der Waals surface area contributed by atoms with Crippen molar-refractivity contribution < 1.29 is 19.1 Å². The molecule has 0 rings (SSSR count). The lowest BCUT2D eigenvalue weighted by Crippen LogP contribution is -2.06. The molecule has 0 aliphatic rings. The van der Waals surface area contributed by atoms with Crippen molar-refractivity contribution >= 4 is 11.9 Å². The van der Waals surface area contributed by atoms with Gasteiger partial charge < -0.3 is 9.47 Å². The van der Waals surface area contributed by atoms with Crippen LogP contribution in [0.2, 0.25) is 0 Å². The molecule has 0 aromatic heterocycles. The Kier molecular flexibility index (Phi) is 8.44. The molecule has 0 spiro atoms. The maximum atomic E-state index is 11.0. The summed E-state index contributed by atoms with van der Waals surface area (Å²) in [6.07, 6.45) is 5.59. The Morgan fingerprint density at radius 3 is 1.56 bits per heavy atom. The molecule has 4 nitrogen and oxygen atoms in total. The molecule has 0 saturated heterocycles. The standard InChI is InChI=1S/C12H14O4/c1-3-5-9-15-11(13)7-8-12(14)16-10-6-4-2/h3-4,7-8H2,1-2H3. The SMILES string of the molecule is CCC#COC(=O)CCC(=O)OC#CCC. The van der Waals surface area contributed by atoms with Crippen LogP contribution in [0.25, 0.3) is 0 Å². The van der Waals surface area contributed by atoms with Gasteiger partial charge in [0, 0.05) is 12.8 Å². The van der Waals surface area contributed by atoms with Crippen LogP contribution in [-0.4, -0.2) is 11.9 Å². The third kappa shape index (κ3) is 8.65. The average molecular weight is 222 g/mol. The number of hydrogen-bond donors (Lipinski definition) is 0. The Hall–Kier alpha value is -1.94. The summed E-state index contributed by atoms with van der Waals surface area (Å²) < 4.78 is 9.03. The average Bonchev–Trinajstić information content (AvgIpc) is 2.27. The monoisotopic (exact) mass is 222 g/mol. The Bertz CT molecular complexity index is 313. The summed E-state index contributed by atoms with van der Waals surface area (Å²) in [6, 6.07) is 0. The van der Waals surface area contributed by atoms with E-state index in [9.17, 15) is 9.59 Å². The van der Waals surface area contributed by atoms with E-state index in [1.54, 1.807) is 0 Å². The van der Waals surface area contributed by atoms with Crippen molar-refractivity contribution in [3.05, 3.63) is 0 Å². The number of esters is 2. The fourth-order valence-electron chi connectivity index (χ4n) is 0.637. The van der Waals surface area contributed by atoms with Gasteiger partial charge in [-0.3, -0.25) is 9.59 Å². The molecule has 16 heavy (non-hydrogen) atoms. The third-order valence-electron chi connectivity index (χ3n) is 1.36. The van der Waals surface area contributed by atoms with E-state index in [1.807, 2.05) is 13.8 Å². The second-order valence-corrected chi connectivity index (χ2v) is 2.71. The second kappa shape index (κ2) is 9.61. The first-order chi connectivity index (χ1) is 7.70. The number of hydrogen-bond acceptors (Lipinski definition) is 4. The van der Waals surface area contributed by atoms with E-state index in [4.69, 9.17) is 0 Å². The largest absolute Gasteiger partial charge is 0.372 e. The highest BCUT2D eigenvalue weighted by molar-refractivity contribution is 5.78. The predicted molar refractivity (Wildman–Crippen MR) is 57.6 cm³/mol. The maximum Gasteiger partial charge on any atom is 0.320 e. The molecule has 0 unspecified atom stereocenters. The van der Waals surface area contributed by atoms with Crippen LogP contribution < -0.4 is 0 Å². The summed E-state index contributed by atoms with van der Waals surface area (Å²) in [4.78, 5) is 22.0. The summed E-state index contributed by atoms with van der Waals surface area (Å²) in [5.41, 5.74) is 0. The van der Waals surface area contributed by atoms with Crippen LogP contribution in [0.1, 0.15) is 39.5 Å².